The standard InChI is InChI=1S/C25H46O3/c1-4-7-8-9-10-11-12-13-14-15-16-17-18-19-20-21-22-24(26)23-25(27-5-2)28-6-3/h10-11,13-14,25H,4-9,12,15-23H2,1-3H3. The molecule has 0 aromatic rings. The second kappa shape index (κ2) is 22.4. The molecule has 0 saturated heterocycles. The Balaban J connectivity index is 3.43. The van der Waals surface area contributed by atoms with Gasteiger partial charge in [-0.25, -0.2) is 0 Å². The fourth-order valence-electron chi connectivity index (χ4n) is 3.14. The van der Waals surface area contributed by atoms with Crippen molar-refractivity contribution in [2.24, 2.45) is 0 Å². The topological polar surface area (TPSA) is 35.5 Å². The number of Topliss-reactive ketones (excluding diaryl/α,β-unsaturated/α-hetero) is 1. The highest BCUT2D eigenvalue weighted by atomic mass is 16.7. The number of carbonyl (C=O) groups is 1. The van der Waals surface area contributed by atoms with Crippen molar-refractivity contribution in [3.63, 3.8) is 0 Å². The third kappa shape index (κ3) is 19.8. The van der Waals surface area contributed by atoms with Crippen molar-refractivity contribution in [1.82, 2.24) is 0 Å². The maximum Gasteiger partial charge on any atom is 0.164 e. The van der Waals surface area contributed by atoms with Gasteiger partial charge >= 0.3 is 0 Å². The number of rotatable bonds is 21. The van der Waals surface area contributed by atoms with Gasteiger partial charge in [0.2, 0.25) is 0 Å². The van der Waals surface area contributed by atoms with E-state index in [1.807, 2.05) is 13.8 Å². The lowest BCUT2D eigenvalue weighted by atomic mass is 10.1. The summed E-state index contributed by atoms with van der Waals surface area (Å²) < 4.78 is 10.9. The summed E-state index contributed by atoms with van der Waals surface area (Å²) in [5.74, 6) is 0.261. The van der Waals surface area contributed by atoms with Crippen molar-refractivity contribution in [3.05, 3.63) is 24.3 Å². The zero-order valence-electron chi connectivity index (χ0n) is 18.9. The molecule has 0 aromatic carbocycles. The monoisotopic (exact) mass is 394 g/mol. The van der Waals surface area contributed by atoms with Gasteiger partial charge in [-0.2, -0.15) is 0 Å². The van der Waals surface area contributed by atoms with Gasteiger partial charge in [0.05, 0.1) is 6.42 Å². The molecule has 3 nitrogen and oxygen atoms in total. The molecule has 0 fully saturated rings. The molecule has 3 heteroatoms. The van der Waals surface area contributed by atoms with Crippen LogP contribution in [-0.4, -0.2) is 25.3 Å². The molecule has 0 saturated carbocycles. The molecule has 28 heavy (non-hydrogen) atoms. The van der Waals surface area contributed by atoms with Crippen LogP contribution in [0.4, 0.5) is 0 Å². The molecule has 164 valence electrons. The van der Waals surface area contributed by atoms with Crippen molar-refractivity contribution in [1.29, 1.82) is 0 Å². The molecule has 0 N–H and O–H groups in total. The molecule has 0 bridgehead atoms. The number of unbranched alkanes of at least 4 members (excludes halogenated alkanes) is 9. The molecular weight excluding hydrogens is 348 g/mol. The highest BCUT2D eigenvalue weighted by Gasteiger charge is 2.13. The van der Waals surface area contributed by atoms with Crippen molar-refractivity contribution in [2.75, 3.05) is 13.2 Å². The lowest BCUT2D eigenvalue weighted by Crippen LogP contribution is -2.21. The van der Waals surface area contributed by atoms with Gasteiger partial charge in [-0.1, -0.05) is 69.8 Å². The number of hydrogen-bond acceptors (Lipinski definition) is 3. The Kier molecular flexibility index (Phi) is 21.6. The SMILES string of the molecule is CCCCCC=CCC=CCCCCCCCCC(=O)CC(OCC)OCC. The summed E-state index contributed by atoms with van der Waals surface area (Å²) >= 11 is 0. The van der Waals surface area contributed by atoms with Crippen LogP contribution in [0.5, 0.6) is 0 Å². The summed E-state index contributed by atoms with van der Waals surface area (Å²) in [6.45, 7) is 7.28. The van der Waals surface area contributed by atoms with Crippen LogP contribution in [0, 0.1) is 0 Å². The maximum absolute atomic E-state index is 12.0. The first-order chi connectivity index (χ1) is 13.7. The molecule has 0 rings (SSSR count). The second-order valence-corrected chi connectivity index (χ2v) is 7.42. The summed E-state index contributed by atoms with van der Waals surface area (Å²) in [6, 6.07) is 0. The van der Waals surface area contributed by atoms with Gasteiger partial charge in [0.25, 0.3) is 0 Å². The predicted octanol–water partition coefficient (Wildman–Crippen LogP) is 7.55. The van der Waals surface area contributed by atoms with E-state index >= 15 is 0 Å². The zero-order valence-corrected chi connectivity index (χ0v) is 18.9. The number of ketones is 1. The second-order valence-electron chi connectivity index (χ2n) is 7.42. The Bertz CT molecular complexity index is 381. The van der Waals surface area contributed by atoms with Gasteiger partial charge in [-0.3, -0.25) is 4.79 Å². The van der Waals surface area contributed by atoms with E-state index in [0.29, 0.717) is 26.1 Å². The largest absolute Gasteiger partial charge is 0.352 e. The van der Waals surface area contributed by atoms with Crippen LogP contribution < -0.4 is 0 Å². The minimum Gasteiger partial charge on any atom is -0.352 e. The van der Waals surface area contributed by atoms with Crippen LogP contribution in [0.3, 0.4) is 0 Å². The summed E-state index contributed by atoms with van der Waals surface area (Å²) in [4.78, 5) is 12.0. The lowest BCUT2D eigenvalue weighted by Gasteiger charge is -2.15. The molecule has 0 aliphatic heterocycles. The van der Waals surface area contributed by atoms with Crippen LogP contribution >= 0.6 is 0 Å². The Labute approximate surface area is 175 Å². The van der Waals surface area contributed by atoms with Crippen LogP contribution in [-0.2, 0) is 14.3 Å². The summed E-state index contributed by atoms with van der Waals surface area (Å²) in [5.41, 5.74) is 0. The van der Waals surface area contributed by atoms with Crippen LogP contribution in [0.15, 0.2) is 24.3 Å². The number of hydrogen-bond donors (Lipinski definition) is 0. The Morgan fingerprint density at radius 2 is 1.25 bits per heavy atom. The lowest BCUT2D eigenvalue weighted by molar-refractivity contribution is -0.152. The van der Waals surface area contributed by atoms with E-state index in [1.165, 1.54) is 57.8 Å². The van der Waals surface area contributed by atoms with Gasteiger partial charge in [-0.05, 0) is 52.4 Å². The number of carbonyl (C=O) groups excluding carboxylic acids is 1. The normalized spacial score (nSPS) is 12.0. The fourth-order valence-corrected chi connectivity index (χ4v) is 3.14. The van der Waals surface area contributed by atoms with E-state index in [4.69, 9.17) is 9.47 Å². The minimum absolute atomic E-state index is 0.261. The van der Waals surface area contributed by atoms with Crippen molar-refractivity contribution in [2.45, 2.75) is 117 Å². The maximum atomic E-state index is 12.0. The fraction of sp³-hybridized carbons (Fsp3) is 0.800. The third-order valence-corrected chi connectivity index (χ3v) is 4.76. The van der Waals surface area contributed by atoms with Gasteiger partial charge in [0, 0.05) is 19.6 Å². The van der Waals surface area contributed by atoms with Crippen LogP contribution in [0.1, 0.15) is 111 Å². The van der Waals surface area contributed by atoms with Gasteiger partial charge in [-0.15, -0.1) is 0 Å². The van der Waals surface area contributed by atoms with E-state index in [0.717, 1.165) is 19.3 Å². The molecule has 0 radical (unpaired) electrons. The van der Waals surface area contributed by atoms with Gasteiger partial charge in [0.1, 0.15) is 5.78 Å². The molecule has 0 atom stereocenters. The van der Waals surface area contributed by atoms with Gasteiger partial charge in [0.15, 0.2) is 6.29 Å². The summed E-state index contributed by atoms with van der Waals surface area (Å²) in [6.07, 6.45) is 24.6. The molecule has 0 aliphatic rings. The Hall–Kier alpha value is -0.930. The molecule has 0 amide bonds. The summed E-state index contributed by atoms with van der Waals surface area (Å²) in [7, 11) is 0. The first-order valence-corrected chi connectivity index (χ1v) is 11.8. The number of allylic oxidation sites excluding steroid dienone is 4. The molecule has 0 unspecified atom stereocenters. The quantitative estimate of drug-likeness (QED) is 0.114. The molecular formula is C25H46O3. The predicted molar refractivity (Wildman–Crippen MR) is 121 cm³/mol. The Morgan fingerprint density at radius 1 is 0.714 bits per heavy atom. The molecule has 0 aromatic heterocycles. The van der Waals surface area contributed by atoms with E-state index < -0.39 is 0 Å². The average Bonchev–Trinajstić information content (AvgIpc) is 2.68. The van der Waals surface area contributed by atoms with Crippen molar-refractivity contribution < 1.29 is 14.3 Å². The minimum atomic E-state index is -0.355. The third-order valence-electron chi connectivity index (χ3n) is 4.76. The molecule has 0 spiro atoms. The highest BCUT2D eigenvalue weighted by Crippen LogP contribution is 2.11. The number of ether oxygens (including phenoxy) is 2. The highest BCUT2D eigenvalue weighted by molar-refractivity contribution is 5.78. The van der Waals surface area contributed by atoms with Crippen LogP contribution in [0.2, 0.25) is 0 Å². The van der Waals surface area contributed by atoms with E-state index in [2.05, 4.69) is 31.2 Å². The van der Waals surface area contributed by atoms with Gasteiger partial charge < -0.3 is 9.47 Å². The Morgan fingerprint density at radius 3 is 1.82 bits per heavy atom. The van der Waals surface area contributed by atoms with E-state index in [-0.39, 0.29) is 12.1 Å². The first-order valence-electron chi connectivity index (χ1n) is 11.8. The average molecular weight is 395 g/mol. The van der Waals surface area contributed by atoms with Crippen molar-refractivity contribution >= 4 is 5.78 Å². The first kappa shape index (κ1) is 27.1. The summed E-state index contributed by atoms with van der Waals surface area (Å²) in [5, 5.41) is 0. The van der Waals surface area contributed by atoms with E-state index in [1.54, 1.807) is 0 Å². The van der Waals surface area contributed by atoms with Crippen LogP contribution in [0.25, 0.3) is 0 Å². The zero-order chi connectivity index (χ0) is 20.7. The van der Waals surface area contributed by atoms with Crippen molar-refractivity contribution in [3.8, 4) is 0 Å². The molecule has 0 aliphatic carbocycles. The smallest absolute Gasteiger partial charge is 0.164 e. The molecule has 0 heterocycles. The van der Waals surface area contributed by atoms with E-state index in [9.17, 15) is 4.79 Å².